The standard InChI is InChI=1S/C12H17BrN2O2/c1-12(2,4-5-13)8-15-11(17)9-3-6-14-7-10(9)16/h3,6-7,16H,4-5,8H2,1-2H3,(H,15,17). The van der Waals surface area contributed by atoms with E-state index in [0.29, 0.717) is 6.54 Å². The number of hydrogen-bond acceptors (Lipinski definition) is 3. The lowest BCUT2D eigenvalue weighted by molar-refractivity contribution is 0.0933. The number of aromatic hydroxyl groups is 1. The molecular formula is C12H17BrN2O2. The predicted molar refractivity (Wildman–Crippen MR) is 70.4 cm³/mol. The monoisotopic (exact) mass is 300 g/mol. The van der Waals surface area contributed by atoms with Crippen molar-refractivity contribution in [2.75, 3.05) is 11.9 Å². The first kappa shape index (κ1) is 14.0. The van der Waals surface area contributed by atoms with Crippen LogP contribution in [0, 0.1) is 5.41 Å². The molecule has 0 bridgehead atoms. The molecule has 0 saturated carbocycles. The van der Waals surface area contributed by atoms with Crippen molar-refractivity contribution in [3.63, 3.8) is 0 Å². The molecule has 17 heavy (non-hydrogen) atoms. The fourth-order valence-electron chi connectivity index (χ4n) is 1.34. The number of hydrogen-bond donors (Lipinski definition) is 2. The van der Waals surface area contributed by atoms with E-state index >= 15 is 0 Å². The lowest BCUT2D eigenvalue weighted by Crippen LogP contribution is -2.34. The van der Waals surface area contributed by atoms with Crippen molar-refractivity contribution in [1.29, 1.82) is 0 Å². The van der Waals surface area contributed by atoms with Crippen LogP contribution in [0.25, 0.3) is 0 Å². The van der Waals surface area contributed by atoms with E-state index in [-0.39, 0.29) is 22.6 Å². The fourth-order valence-corrected chi connectivity index (χ4v) is 2.41. The van der Waals surface area contributed by atoms with Crippen LogP contribution in [0.2, 0.25) is 0 Å². The molecule has 2 N–H and O–H groups in total. The van der Waals surface area contributed by atoms with Crippen molar-refractivity contribution < 1.29 is 9.90 Å². The predicted octanol–water partition coefficient (Wildman–Crippen LogP) is 2.33. The van der Waals surface area contributed by atoms with Gasteiger partial charge in [-0.3, -0.25) is 9.78 Å². The zero-order chi connectivity index (χ0) is 12.9. The van der Waals surface area contributed by atoms with Gasteiger partial charge in [-0.2, -0.15) is 0 Å². The average Bonchev–Trinajstić information content (AvgIpc) is 2.27. The smallest absolute Gasteiger partial charge is 0.255 e. The maximum atomic E-state index is 11.8. The molecule has 0 spiro atoms. The summed E-state index contributed by atoms with van der Waals surface area (Å²) in [4.78, 5) is 15.5. The van der Waals surface area contributed by atoms with Crippen molar-refractivity contribution in [2.45, 2.75) is 20.3 Å². The summed E-state index contributed by atoms with van der Waals surface area (Å²) in [5.41, 5.74) is 0.289. The average molecular weight is 301 g/mol. The first-order valence-electron chi connectivity index (χ1n) is 5.43. The third kappa shape index (κ3) is 4.34. The molecule has 4 nitrogen and oxygen atoms in total. The molecule has 1 aromatic rings. The summed E-state index contributed by atoms with van der Waals surface area (Å²) in [5, 5.41) is 13.2. The Morgan fingerprint density at radius 3 is 2.88 bits per heavy atom. The van der Waals surface area contributed by atoms with Crippen molar-refractivity contribution in [1.82, 2.24) is 10.3 Å². The second kappa shape index (κ2) is 6.00. The minimum absolute atomic E-state index is 0.0296. The van der Waals surface area contributed by atoms with E-state index < -0.39 is 0 Å². The van der Waals surface area contributed by atoms with Gasteiger partial charge >= 0.3 is 0 Å². The second-order valence-corrected chi connectivity index (χ2v) is 5.47. The maximum Gasteiger partial charge on any atom is 0.255 e. The third-order valence-corrected chi connectivity index (χ3v) is 2.94. The van der Waals surface area contributed by atoms with Crippen LogP contribution in [-0.4, -0.2) is 27.9 Å². The number of halogens is 1. The summed E-state index contributed by atoms with van der Waals surface area (Å²) >= 11 is 3.39. The van der Waals surface area contributed by atoms with E-state index in [0.717, 1.165) is 11.8 Å². The number of nitrogens with one attached hydrogen (secondary N) is 1. The van der Waals surface area contributed by atoms with Gasteiger partial charge in [0.25, 0.3) is 5.91 Å². The highest BCUT2D eigenvalue weighted by atomic mass is 79.9. The van der Waals surface area contributed by atoms with Crippen molar-refractivity contribution in [3.8, 4) is 5.75 Å². The van der Waals surface area contributed by atoms with Crippen LogP contribution in [0.15, 0.2) is 18.5 Å². The van der Waals surface area contributed by atoms with E-state index in [4.69, 9.17) is 0 Å². The highest BCUT2D eigenvalue weighted by molar-refractivity contribution is 9.09. The molecule has 5 heteroatoms. The number of nitrogens with zero attached hydrogens (tertiary/aromatic N) is 1. The summed E-state index contributed by atoms with van der Waals surface area (Å²) in [7, 11) is 0. The van der Waals surface area contributed by atoms with Gasteiger partial charge in [0.2, 0.25) is 0 Å². The fraction of sp³-hybridized carbons (Fsp3) is 0.500. The Morgan fingerprint density at radius 1 is 1.59 bits per heavy atom. The Bertz CT molecular complexity index is 394. The highest BCUT2D eigenvalue weighted by Gasteiger charge is 2.19. The Morgan fingerprint density at radius 2 is 2.29 bits per heavy atom. The number of carbonyl (C=O) groups excluding carboxylic acids is 1. The van der Waals surface area contributed by atoms with E-state index in [2.05, 4.69) is 40.1 Å². The molecule has 1 heterocycles. The van der Waals surface area contributed by atoms with Crippen LogP contribution in [0.3, 0.4) is 0 Å². The van der Waals surface area contributed by atoms with E-state index in [1.807, 2.05) is 0 Å². The first-order valence-corrected chi connectivity index (χ1v) is 6.55. The Balaban J connectivity index is 2.59. The van der Waals surface area contributed by atoms with Crippen LogP contribution in [-0.2, 0) is 0 Å². The number of pyridine rings is 1. The lowest BCUT2D eigenvalue weighted by atomic mass is 9.90. The van der Waals surface area contributed by atoms with Crippen LogP contribution < -0.4 is 5.32 Å². The van der Waals surface area contributed by atoms with Crippen molar-refractivity contribution in [3.05, 3.63) is 24.0 Å². The van der Waals surface area contributed by atoms with Crippen LogP contribution in [0.4, 0.5) is 0 Å². The summed E-state index contributed by atoms with van der Waals surface area (Å²) in [6.45, 7) is 4.74. The van der Waals surface area contributed by atoms with E-state index in [1.165, 1.54) is 18.5 Å². The van der Waals surface area contributed by atoms with Gasteiger partial charge in [-0.25, -0.2) is 0 Å². The molecular weight excluding hydrogens is 284 g/mol. The molecule has 0 aliphatic heterocycles. The molecule has 0 unspecified atom stereocenters. The molecule has 0 aliphatic rings. The summed E-state index contributed by atoms with van der Waals surface area (Å²) in [5.74, 6) is -0.365. The molecule has 0 saturated heterocycles. The number of amides is 1. The zero-order valence-electron chi connectivity index (χ0n) is 10.0. The summed E-state index contributed by atoms with van der Waals surface area (Å²) in [6.07, 6.45) is 3.71. The van der Waals surface area contributed by atoms with Gasteiger partial charge in [0.1, 0.15) is 5.75 Å². The molecule has 0 radical (unpaired) electrons. The number of rotatable bonds is 5. The van der Waals surface area contributed by atoms with Gasteiger partial charge in [0, 0.05) is 18.1 Å². The van der Waals surface area contributed by atoms with Crippen molar-refractivity contribution >= 4 is 21.8 Å². The molecule has 0 atom stereocenters. The normalized spacial score (nSPS) is 11.2. The third-order valence-electron chi connectivity index (χ3n) is 2.54. The van der Waals surface area contributed by atoms with Gasteiger partial charge in [0.15, 0.2) is 0 Å². The minimum atomic E-state index is -0.271. The topological polar surface area (TPSA) is 62.2 Å². The number of carbonyl (C=O) groups is 1. The Hall–Kier alpha value is -1.10. The first-order chi connectivity index (χ1) is 7.96. The van der Waals surface area contributed by atoms with E-state index in [1.54, 1.807) is 0 Å². The van der Waals surface area contributed by atoms with Crippen LogP contribution in [0.5, 0.6) is 5.75 Å². The van der Waals surface area contributed by atoms with Gasteiger partial charge in [0.05, 0.1) is 11.8 Å². The van der Waals surface area contributed by atoms with E-state index in [9.17, 15) is 9.90 Å². The largest absolute Gasteiger partial charge is 0.505 e. The minimum Gasteiger partial charge on any atom is -0.505 e. The van der Waals surface area contributed by atoms with Gasteiger partial charge in [-0.05, 0) is 17.9 Å². The number of aromatic nitrogens is 1. The van der Waals surface area contributed by atoms with Crippen LogP contribution >= 0.6 is 15.9 Å². The Kier molecular flexibility index (Phi) is 4.93. The summed E-state index contributed by atoms with van der Waals surface area (Å²) in [6, 6.07) is 1.50. The zero-order valence-corrected chi connectivity index (χ0v) is 11.6. The molecule has 1 aromatic heterocycles. The van der Waals surface area contributed by atoms with Crippen LogP contribution in [0.1, 0.15) is 30.6 Å². The molecule has 1 amide bonds. The van der Waals surface area contributed by atoms with Gasteiger partial charge in [-0.1, -0.05) is 29.8 Å². The summed E-state index contributed by atoms with van der Waals surface area (Å²) < 4.78 is 0. The van der Waals surface area contributed by atoms with Gasteiger partial charge in [-0.15, -0.1) is 0 Å². The molecule has 94 valence electrons. The second-order valence-electron chi connectivity index (χ2n) is 4.68. The molecule has 0 aliphatic carbocycles. The Labute approximate surface area is 110 Å². The number of alkyl halides is 1. The molecule has 1 rings (SSSR count). The highest BCUT2D eigenvalue weighted by Crippen LogP contribution is 2.20. The SMILES string of the molecule is CC(C)(CCBr)CNC(=O)c1ccncc1O. The maximum absolute atomic E-state index is 11.8. The van der Waals surface area contributed by atoms with Gasteiger partial charge < -0.3 is 10.4 Å². The quantitative estimate of drug-likeness (QED) is 0.821. The van der Waals surface area contributed by atoms with Crippen molar-refractivity contribution in [2.24, 2.45) is 5.41 Å². The molecule has 0 fully saturated rings. The lowest BCUT2D eigenvalue weighted by Gasteiger charge is -2.23. The molecule has 0 aromatic carbocycles.